The largest absolute Gasteiger partial charge is 0.485 e. The molecule has 5 atom stereocenters. The Hall–Kier alpha value is -6.36. The molecule has 0 saturated carbocycles. The Balaban J connectivity index is 2.10. The molecule has 350 valence electrons. The molecule has 0 radical (unpaired) electrons. The summed E-state index contributed by atoms with van der Waals surface area (Å²) in [7, 11) is 1.18. The summed E-state index contributed by atoms with van der Waals surface area (Å²) in [5.74, 6) is -4.41. The van der Waals surface area contributed by atoms with Crippen LogP contribution in [-0.2, 0) is 46.6 Å². The maximum atomic E-state index is 14.3. The van der Waals surface area contributed by atoms with E-state index in [0.29, 0.717) is 5.56 Å². The smallest absolute Gasteiger partial charge is 0.410 e. The normalized spacial score (nSPS) is 14.3. The lowest BCUT2D eigenvalue weighted by atomic mass is 9.90. The van der Waals surface area contributed by atoms with Gasteiger partial charge in [0, 0.05) is 7.05 Å². The van der Waals surface area contributed by atoms with E-state index < -0.39 is 89.4 Å². The number of hydrogen-bond acceptors (Lipinski definition) is 12. The molecule has 5 N–H and O–H groups in total. The van der Waals surface area contributed by atoms with E-state index in [1.54, 1.807) is 92.6 Å². The van der Waals surface area contributed by atoms with E-state index in [0.717, 1.165) is 10.5 Å². The summed E-state index contributed by atoms with van der Waals surface area (Å²) in [6, 6.07) is 17.4. The fourth-order valence-corrected chi connectivity index (χ4v) is 6.19. The standard InChI is InChI=1S/C47H64N4O13/c1-12-47(10,39(41(55)48-26-35(52)63-45(4,5)6)50-40(54)36(29(2)3)49-43(58)64-46(7,8)9)62-34-25-32(23-24-33(34)60-27-30-19-15-13-16-20-30)38(53)37(42(56)57)51(11)44(59)61-28-31-21-17-14-18-22-31/h13-25,29,36-39,53H,12,26-28H2,1-11H3,(H,48,55)(H,49,58)(H,50,54)(H,56,57)/t36-,37-,38+,39+,47+/m0/s1. The van der Waals surface area contributed by atoms with Crippen molar-refractivity contribution in [3.63, 3.8) is 0 Å². The molecule has 4 amide bonds. The molecule has 0 saturated heterocycles. The lowest BCUT2D eigenvalue weighted by molar-refractivity contribution is -0.155. The van der Waals surface area contributed by atoms with Gasteiger partial charge in [0.15, 0.2) is 17.5 Å². The second-order valence-electron chi connectivity index (χ2n) is 17.7. The van der Waals surface area contributed by atoms with E-state index in [9.17, 15) is 39.0 Å². The van der Waals surface area contributed by atoms with E-state index >= 15 is 0 Å². The first kappa shape index (κ1) is 52.0. The quantitative estimate of drug-likeness (QED) is 0.0643. The Morgan fingerprint density at radius 2 is 1.30 bits per heavy atom. The fraction of sp³-hybridized carbons (Fsp3) is 0.489. The molecular formula is C47H64N4O13. The highest BCUT2D eigenvalue weighted by atomic mass is 16.6. The molecule has 0 aliphatic rings. The number of rotatable bonds is 20. The van der Waals surface area contributed by atoms with Gasteiger partial charge in [0.2, 0.25) is 11.8 Å². The molecular weight excluding hydrogens is 829 g/mol. The number of carboxylic acids is 1. The van der Waals surface area contributed by atoms with E-state index in [4.69, 9.17) is 23.7 Å². The molecule has 3 aromatic rings. The summed E-state index contributed by atoms with van der Waals surface area (Å²) < 4.78 is 29.0. The Kier molecular flexibility index (Phi) is 18.5. The van der Waals surface area contributed by atoms with Gasteiger partial charge in [-0.3, -0.25) is 19.3 Å². The third-order valence-electron chi connectivity index (χ3n) is 9.66. The Morgan fingerprint density at radius 1 is 0.734 bits per heavy atom. The van der Waals surface area contributed by atoms with Crippen molar-refractivity contribution in [3.8, 4) is 11.5 Å². The number of alkyl carbamates (subject to hydrolysis) is 1. The van der Waals surface area contributed by atoms with Crippen LogP contribution in [0.2, 0.25) is 0 Å². The van der Waals surface area contributed by atoms with Crippen molar-refractivity contribution < 1.29 is 62.7 Å². The first-order valence-corrected chi connectivity index (χ1v) is 21.0. The summed E-state index contributed by atoms with van der Waals surface area (Å²) in [6.07, 6.45) is -3.72. The van der Waals surface area contributed by atoms with Crippen molar-refractivity contribution in [1.29, 1.82) is 0 Å². The Labute approximate surface area is 375 Å². The van der Waals surface area contributed by atoms with Gasteiger partial charge in [-0.15, -0.1) is 0 Å². The minimum atomic E-state index is -1.86. The number of esters is 1. The number of nitrogens with one attached hydrogen (secondary N) is 3. The van der Waals surface area contributed by atoms with Gasteiger partial charge in [-0.2, -0.15) is 0 Å². The average Bonchev–Trinajstić information content (AvgIpc) is 3.21. The summed E-state index contributed by atoms with van der Waals surface area (Å²) in [5, 5.41) is 29.8. The van der Waals surface area contributed by atoms with Gasteiger partial charge in [0.1, 0.15) is 54.7 Å². The molecule has 3 rings (SSSR count). The Bertz CT molecular complexity index is 2050. The number of aliphatic hydroxyl groups excluding tert-OH is 1. The van der Waals surface area contributed by atoms with Crippen LogP contribution in [0, 0.1) is 5.92 Å². The van der Waals surface area contributed by atoms with Crippen LogP contribution in [0.4, 0.5) is 9.59 Å². The second kappa shape index (κ2) is 22.8. The summed E-state index contributed by atoms with van der Waals surface area (Å²) in [4.78, 5) is 80.6. The SMILES string of the molecule is CC[C@@](C)(Oc1cc([C@@H](O)[C@@H](C(=O)O)N(C)C(=O)OCc2ccccc2)ccc1OCc1ccccc1)[C@H](NC(=O)[C@@H](NC(=O)OC(C)(C)C)C(C)C)C(=O)NCC(=O)OC(C)(C)C. The molecule has 0 aliphatic heterocycles. The summed E-state index contributed by atoms with van der Waals surface area (Å²) in [6.45, 7) is 15.9. The van der Waals surface area contributed by atoms with Gasteiger partial charge in [-0.05, 0) is 89.6 Å². The number of aliphatic carboxylic acids is 1. The highest BCUT2D eigenvalue weighted by Gasteiger charge is 2.44. The highest BCUT2D eigenvalue weighted by Crippen LogP contribution is 2.37. The van der Waals surface area contributed by atoms with Crippen LogP contribution < -0.4 is 25.4 Å². The number of likely N-dealkylation sites (N-methyl/N-ethyl adjacent to an activating group) is 1. The highest BCUT2D eigenvalue weighted by molar-refractivity contribution is 5.93. The summed E-state index contributed by atoms with van der Waals surface area (Å²) >= 11 is 0. The van der Waals surface area contributed by atoms with Crippen LogP contribution in [0.5, 0.6) is 11.5 Å². The lowest BCUT2D eigenvalue weighted by Gasteiger charge is -2.38. The molecule has 3 aromatic carbocycles. The van der Waals surface area contributed by atoms with Gasteiger partial charge in [-0.25, -0.2) is 14.4 Å². The van der Waals surface area contributed by atoms with Crippen LogP contribution in [0.15, 0.2) is 78.9 Å². The van der Waals surface area contributed by atoms with Gasteiger partial charge < -0.3 is 49.8 Å². The number of nitrogens with zero attached hydrogens (tertiary/aromatic N) is 1. The molecule has 0 fully saturated rings. The van der Waals surface area contributed by atoms with Gasteiger partial charge >= 0.3 is 24.1 Å². The molecule has 0 unspecified atom stereocenters. The number of hydrogen-bond donors (Lipinski definition) is 5. The maximum absolute atomic E-state index is 14.3. The predicted octanol–water partition coefficient (Wildman–Crippen LogP) is 6.06. The zero-order chi connectivity index (χ0) is 48.0. The van der Waals surface area contributed by atoms with Gasteiger partial charge in [-0.1, -0.05) is 87.5 Å². The maximum Gasteiger partial charge on any atom is 0.410 e. The van der Waals surface area contributed by atoms with E-state index in [2.05, 4.69) is 16.0 Å². The lowest BCUT2D eigenvalue weighted by Crippen LogP contribution is -2.64. The van der Waals surface area contributed by atoms with Crippen LogP contribution in [0.3, 0.4) is 0 Å². The van der Waals surface area contributed by atoms with Crippen molar-refractivity contribution in [3.05, 3.63) is 95.6 Å². The number of aliphatic hydroxyl groups is 1. The van der Waals surface area contributed by atoms with Gasteiger partial charge in [0.05, 0.1) is 0 Å². The zero-order valence-corrected chi connectivity index (χ0v) is 38.6. The fourth-order valence-electron chi connectivity index (χ4n) is 6.19. The van der Waals surface area contributed by atoms with Crippen LogP contribution in [0.1, 0.15) is 98.5 Å². The topological polar surface area (TPSA) is 228 Å². The van der Waals surface area contributed by atoms with Crippen LogP contribution in [-0.4, -0.2) is 99.6 Å². The third-order valence-corrected chi connectivity index (χ3v) is 9.66. The number of carbonyl (C=O) groups is 6. The molecule has 0 aromatic heterocycles. The van der Waals surface area contributed by atoms with Crippen molar-refractivity contribution >= 4 is 35.9 Å². The van der Waals surface area contributed by atoms with E-state index in [-0.39, 0.29) is 36.7 Å². The van der Waals surface area contributed by atoms with Crippen molar-refractivity contribution in [1.82, 2.24) is 20.9 Å². The van der Waals surface area contributed by atoms with Crippen LogP contribution >= 0.6 is 0 Å². The zero-order valence-electron chi connectivity index (χ0n) is 38.6. The van der Waals surface area contributed by atoms with Crippen molar-refractivity contribution in [2.45, 2.75) is 130 Å². The Morgan fingerprint density at radius 3 is 1.81 bits per heavy atom. The number of ether oxygens (including phenoxy) is 5. The summed E-state index contributed by atoms with van der Waals surface area (Å²) in [5.41, 5.74) is -2.02. The van der Waals surface area contributed by atoms with Crippen molar-refractivity contribution in [2.24, 2.45) is 5.92 Å². The first-order valence-electron chi connectivity index (χ1n) is 21.0. The minimum absolute atomic E-state index is 0.0162. The number of amides is 4. The van der Waals surface area contributed by atoms with Crippen LogP contribution in [0.25, 0.3) is 0 Å². The van der Waals surface area contributed by atoms with E-state index in [1.165, 1.54) is 32.2 Å². The molecule has 0 aliphatic carbocycles. The predicted molar refractivity (Wildman–Crippen MR) is 236 cm³/mol. The monoisotopic (exact) mass is 892 g/mol. The molecule has 0 bridgehead atoms. The first-order chi connectivity index (χ1) is 29.8. The molecule has 0 heterocycles. The average molecular weight is 893 g/mol. The molecule has 64 heavy (non-hydrogen) atoms. The molecule has 17 nitrogen and oxygen atoms in total. The molecule has 0 spiro atoms. The second-order valence-corrected chi connectivity index (χ2v) is 17.7. The van der Waals surface area contributed by atoms with Gasteiger partial charge in [0.25, 0.3) is 0 Å². The minimum Gasteiger partial charge on any atom is -0.485 e. The molecule has 17 heteroatoms. The van der Waals surface area contributed by atoms with Crippen molar-refractivity contribution in [2.75, 3.05) is 13.6 Å². The third kappa shape index (κ3) is 16.1. The number of benzene rings is 3. The van der Waals surface area contributed by atoms with E-state index in [1.807, 2.05) is 30.3 Å². The number of carbonyl (C=O) groups excluding carboxylic acids is 5. The number of carboxylic acid groups (broad SMARTS) is 1.